The predicted molar refractivity (Wildman–Crippen MR) is 112 cm³/mol. The van der Waals surface area contributed by atoms with E-state index in [0.717, 1.165) is 54.9 Å². The molecule has 28 heavy (non-hydrogen) atoms. The second kappa shape index (κ2) is 9.20. The third-order valence-electron chi connectivity index (χ3n) is 5.82. The van der Waals surface area contributed by atoms with Crippen LogP contribution in [-0.2, 0) is 6.54 Å². The molecule has 0 atom stereocenters. The van der Waals surface area contributed by atoms with Crippen LogP contribution in [0.2, 0.25) is 0 Å². The van der Waals surface area contributed by atoms with Gasteiger partial charge in [-0.1, -0.05) is 31.2 Å². The fourth-order valence-electron chi connectivity index (χ4n) is 3.77. The molecule has 1 saturated heterocycles. The maximum absolute atomic E-state index is 13.3. The molecule has 3 rings (SSSR count). The summed E-state index contributed by atoms with van der Waals surface area (Å²) >= 11 is 0. The minimum Gasteiger partial charge on any atom is -0.317 e. The number of halogens is 1. The Balaban J connectivity index is 1.79. The Kier molecular flexibility index (Phi) is 6.68. The summed E-state index contributed by atoms with van der Waals surface area (Å²) < 4.78 is 13.3. The Morgan fingerprint density at radius 3 is 2.46 bits per heavy atom. The Morgan fingerprint density at radius 1 is 1.14 bits per heavy atom. The minimum atomic E-state index is -0.258. The van der Waals surface area contributed by atoms with Crippen LogP contribution in [0.5, 0.6) is 0 Å². The van der Waals surface area contributed by atoms with Crippen LogP contribution in [0.4, 0.5) is 14.9 Å². The molecule has 1 fully saturated rings. The van der Waals surface area contributed by atoms with Crippen LogP contribution < -0.4 is 5.32 Å². The molecule has 5 heteroatoms. The smallest absolute Gasteiger partial charge is 0.317 e. The van der Waals surface area contributed by atoms with Crippen molar-refractivity contribution in [3.8, 4) is 0 Å². The van der Waals surface area contributed by atoms with Crippen molar-refractivity contribution in [3.63, 3.8) is 0 Å². The van der Waals surface area contributed by atoms with Gasteiger partial charge in [0.2, 0.25) is 0 Å². The molecule has 4 nitrogen and oxygen atoms in total. The molecule has 1 heterocycles. The van der Waals surface area contributed by atoms with Gasteiger partial charge in [-0.05, 0) is 68.1 Å². The van der Waals surface area contributed by atoms with Gasteiger partial charge in [0.25, 0.3) is 0 Å². The summed E-state index contributed by atoms with van der Waals surface area (Å²) in [6.07, 6.45) is 1.91. The highest BCUT2D eigenvalue weighted by Crippen LogP contribution is 2.23. The van der Waals surface area contributed by atoms with E-state index in [-0.39, 0.29) is 17.9 Å². The van der Waals surface area contributed by atoms with Crippen LogP contribution in [0, 0.1) is 19.7 Å². The molecule has 1 aliphatic rings. The lowest BCUT2D eigenvalue weighted by Crippen LogP contribution is -2.48. The third kappa shape index (κ3) is 4.90. The summed E-state index contributed by atoms with van der Waals surface area (Å²) in [5.74, 6) is -0.258. The van der Waals surface area contributed by atoms with Gasteiger partial charge >= 0.3 is 6.03 Å². The minimum absolute atomic E-state index is 0.0898. The molecule has 0 aromatic heterocycles. The van der Waals surface area contributed by atoms with Crippen LogP contribution in [0.25, 0.3) is 0 Å². The molecule has 0 saturated carbocycles. The van der Waals surface area contributed by atoms with Crippen molar-refractivity contribution < 1.29 is 9.18 Å². The number of anilines is 1. The molecule has 2 aromatic carbocycles. The first kappa shape index (κ1) is 20.3. The Morgan fingerprint density at radius 2 is 1.82 bits per heavy atom. The molecule has 0 unspecified atom stereocenters. The highest BCUT2D eigenvalue weighted by atomic mass is 19.1. The quantitative estimate of drug-likeness (QED) is 0.792. The van der Waals surface area contributed by atoms with Crippen molar-refractivity contribution in [1.82, 2.24) is 9.80 Å². The summed E-state index contributed by atoms with van der Waals surface area (Å²) in [5.41, 5.74) is 4.02. The number of hydrogen-bond acceptors (Lipinski definition) is 2. The zero-order chi connectivity index (χ0) is 20.1. The van der Waals surface area contributed by atoms with Crippen molar-refractivity contribution in [3.05, 3.63) is 65.0 Å². The molecular weight excluding hydrogens is 353 g/mol. The Bertz CT molecular complexity index is 798. The van der Waals surface area contributed by atoms with Gasteiger partial charge in [-0.25, -0.2) is 9.18 Å². The van der Waals surface area contributed by atoms with Crippen LogP contribution in [-0.4, -0.2) is 41.5 Å². The third-order valence-corrected chi connectivity index (χ3v) is 5.82. The van der Waals surface area contributed by atoms with E-state index in [1.54, 1.807) is 12.1 Å². The van der Waals surface area contributed by atoms with E-state index in [0.29, 0.717) is 6.54 Å². The standard InChI is InChI=1S/C23H30FN3O/c1-4-26-14-12-21(13-15-26)27(16-19-8-10-20(24)11-9-19)23(28)25-22-7-5-6-17(2)18(22)3/h5-11,21H,4,12-16H2,1-3H3,(H,25,28). The first-order chi connectivity index (χ1) is 13.5. The number of amides is 2. The lowest BCUT2D eigenvalue weighted by Gasteiger charge is -2.38. The summed E-state index contributed by atoms with van der Waals surface area (Å²) in [6, 6.07) is 12.5. The highest BCUT2D eigenvalue weighted by Gasteiger charge is 2.28. The number of nitrogens with zero attached hydrogens (tertiary/aromatic N) is 2. The van der Waals surface area contributed by atoms with Crippen molar-refractivity contribution in [2.24, 2.45) is 0 Å². The van der Waals surface area contributed by atoms with E-state index in [2.05, 4.69) is 17.1 Å². The number of carbonyl (C=O) groups excluding carboxylic acids is 1. The van der Waals surface area contributed by atoms with Gasteiger partial charge in [0.15, 0.2) is 0 Å². The number of aryl methyl sites for hydroxylation is 1. The number of likely N-dealkylation sites (tertiary alicyclic amines) is 1. The lowest BCUT2D eigenvalue weighted by molar-refractivity contribution is 0.126. The van der Waals surface area contributed by atoms with Crippen molar-refractivity contribution in [1.29, 1.82) is 0 Å². The van der Waals surface area contributed by atoms with E-state index in [4.69, 9.17) is 0 Å². The number of piperidine rings is 1. The summed E-state index contributed by atoms with van der Waals surface area (Å²) in [5, 5.41) is 3.10. The molecule has 1 N–H and O–H groups in total. The average Bonchev–Trinajstić information content (AvgIpc) is 2.71. The van der Waals surface area contributed by atoms with Gasteiger partial charge in [-0.3, -0.25) is 0 Å². The summed E-state index contributed by atoms with van der Waals surface area (Å²) in [4.78, 5) is 17.6. The van der Waals surface area contributed by atoms with E-state index in [9.17, 15) is 9.18 Å². The van der Waals surface area contributed by atoms with Gasteiger partial charge in [0.1, 0.15) is 5.82 Å². The lowest BCUT2D eigenvalue weighted by atomic mass is 10.0. The monoisotopic (exact) mass is 383 g/mol. The fraction of sp³-hybridized carbons (Fsp3) is 0.435. The molecule has 0 bridgehead atoms. The Hall–Kier alpha value is -2.40. The molecule has 150 valence electrons. The van der Waals surface area contributed by atoms with Gasteiger partial charge in [-0.2, -0.15) is 0 Å². The van der Waals surface area contributed by atoms with Crippen molar-refractivity contribution in [2.45, 2.75) is 46.2 Å². The van der Waals surface area contributed by atoms with Crippen LogP contribution >= 0.6 is 0 Å². The number of benzene rings is 2. The van der Waals surface area contributed by atoms with Crippen LogP contribution in [0.15, 0.2) is 42.5 Å². The van der Waals surface area contributed by atoms with Gasteiger partial charge in [0.05, 0.1) is 0 Å². The fourth-order valence-corrected chi connectivity index (χ4v) is 3.77. The van der Waals surface area contributed by atoms with Crippen LogP contribution in [0.3, 0.4) is 0 Å². The van der Waals surface area contributed by atoms with E-state index in [1.807, 2.05) is 36.9 Å². The maximum Gasteiger partial charge on any atom is 0.322 e. The largest absolute Gasteiger partial charge is 0.322 e. The number of urea groups is 1. The zero-order valence-electron chi connectivity index (χ0n) is 17.0. The molecule has 0 aliphatic carbocycles. The van der Waals surface area contributed by atoms with Crippen molar-refractivity contribution in [2.75, 3.05) is 25.0 Å². The maximum atomic E-state index is 13.3. The van der Waals surface area contributed by atoms with E-state index < -0.39 is 0 Å². The number of hydrogen-bond donors (Lipinski definition) is 1. The summed E-state index contributed by atoms with van der Waals surface area (Å²) in [6.45, 7) is 9.75. The van der Waals surface area contributed by atoms with E-state index in [1.165, 1.54) is 12.1 Å². The Labute approximate surface area is 167 Å². The molecule has 2 aromatic rings. The molecule has 1 aliphatic heterocycles. The highest BCUT2D eigenvalue weighted by molar-refractivity contribution is 5.90. The first-order valence-electron chi connectivity index (χ1n) is 10.1. The molecule has 2 amide bonds. The van der Waals surface area contributed by atoms with Gasteiger partial charge in [-0.15, -0.1) is 0 Å². The zero-order valence-corrected chi connectivity index (χ0v) is 17.0. The molecular formula is C23H30FN3O. The number of carbonyl (C=O) groups is 1. The predicted octanol–water partition coefficient (Wildman–Crippen LogP) is 4.96. The van der Waals surface area contributed by atoms with Gasteiger partial charge in [0, 0.05) is 31.4 Å². The second-order valence-electron chi connectivity index (χ2n) is 7.60. The summed E-state index contributed by atoms with van der Waals surface area (Å²) in [7, 11) is 0. The number of rotatable bonds is 5. The molecule has 0 spiro atoms. The van der Waals surface area contributed by atoms with E-state index >= 15 is 0 Å². The van der Waals surface area contributed by atoms with Gasteiger partial charge < -0.3 is 15.1 Å². The first-order valence-corrected chi connectivity index (χ1v) is 10.1. The SMILES string of the molecule is CCN1CCC(N(Cc2ccc(F)cc2)C(=O)Nc2cccc(C)c2C)CC1. The second-order valence-corrected chi connectivity index (χ2v) is 7.60. The normalized spacial score (nSPS) is 15.4. The van der Waals surface area contributed by atoms with Crippen molar-refractivity contribution >= 4 is 11.7 Å². The topological polar surface area (TPSA) is 35.6 Å². The average molecular weight is 384 g/mol. The number of nitrogens with one attached hydrogen (secondary N) is 1. The van der Waals surface area contributed by atoms with Crippen LogP contribution in [0.1, 0.15) is 36.5 Å². The molecule has 0 radical (unpaired) electrons.